The summed E-state index contributed by atoms with van der Waals surface area (Å²) in [4.78, 5) is 9.48. The van der Waals surface area contributed by atoms with E-state index in [1.54, 1.807) is 24.3 Å². The Labute approximate surface area is 216 Å². The number of aliphatic hydroxyl groups excluding tert-OH is 1. The molecule has 184 valence electrons. The second kappa shape index (κ2) is 11.2. The zero-order valence-corrected chi connectivity index (χ0v) is 21.1. The lowest BCUT2D eigenvalue weighted by atomic mass is 10.2. The summed E-state index contributed by atoms with van der Waals surface area (Å²) in [5.41, 5.74) is 4.32. The van der Waals surface area contributed by atoms with Gasteiger partial charge in [-0.05, 0) is 41.5 Å². The molecule has 0 saturated heterocycles. The molecule has 1 N–H and O–H groups in total. The highest BCUT2D eigenvalue weighted by Crippen LogP contribution is 2.34. The van der Waals surface area contributed by atoms with Crippen molar-refractivity contribution in [2.45, 2.75) is 24.6 Å². The Bertz CT molecular complexity index is 1490. The maximum Gasteiger partial charge on any atom is 0.160 e. The van der Waals surface area contributed by atoms with Crippen molar-refractivity contribution in [3.8, 4) is 5.75 Å². The van der Waals surface area contributed by atoms with Crippen molar-refractivity contribution in [1.29, 1.82) is 0 Å². The Morgan fingerprint density at radius 2 is 1.89 bits per heavy atom. The Morgan fingerprint density at radius 3 is 2.67 bits per heavy atom. The molecule has 0 amide bonds. The molecule has 3 aromatic carbocycles. The zero-order chi connectivity index (χ0) is 24.9. The smallest absolute Gasteiger partial charge is 0.160 e. The Morgan fingerprint density at radius 1 is 1.06 bits per heavy atom. The average molecular weight is 522 g/mol. The first-order chi connectivity index (χ1) is 17.6. The van der Waals surface area contributed by atoms with Crippen molar-refractivity contribution in [3.63, 3.8) is 0 Å². The second-order valence-corrected chi connectivity index (χ2v) is 10.7. The first-order valence-electron chi connectivity index (χ1n) is 11.6. The van der Waals surface area contributed by atoms with Crippen molar-refractivity contribution in [2.24, 2.45) is 4.99 Å². The van der Waals surface area contributed by atoms with Crippen molar-refractivity contribution in [3.05, 3.63) is 112 Å². The number of halogens is 2. The highest BCUT2D eigenvalue weighted by molar-refractivity contribution is 8.15. The molecule has 0 radical (unpaired) electrons. The van der Waals surface area contributed by atoms with Gasteiger partial charge in [0.05, 0.1) is 28.7 Å². The molecule has 1 atom stereocenters. The molecule has 5 rings (SSSR count). The molecule has 0 bridgehead atoms. The van der Waals surface area contributed by atoms with Gasteiger partial charge in [0.15, 0.2) is 5.49 Å². The number of rotatable bonds is 8. The number of aromatic nitrogens is 2. The van der Waals surface area contributed by atoms with E-state index in [0.717, 1.165) is 17.5 Å². The Kier molecular flexibility index (Phi) is 7.60. The fraction of sp³-hybridized carbons (Fsp3) is 0.179. The Hall–Kier alpha value is -3.26. The maximum absolute atomic E-state index is 13.4. The van der Waals surface area contributed by atoms with Crippen molar-refractivity contribution in [2.75, 3.05) is 12.4 Å². The van der Waals surface area contributed by atoms with E-state index >= 15 is 0 Å². The van der Waals surface area contributed by atoms with Gasteiger partial charge in [0, 0.05) is 24.3 Å². The lowest BCUT2D eigenvalue weighted by Crippen LogP contribution is -2.20. The largest absolute Gasteiger partial charge is 0.487 e. The van der Waals surface area contributed by atoms with Crippen LogP contribution in [0.1, 0.15) is 16.7 Å². The van der Waals surface area contributed by atoms with Crippen LogP contribution in [0.25, 0.3) is 0 Å². The topological polar surface area (TPSA) is 59.6 Å². The van der Waals surface area contributed by atoms with Gasteiger partial charge >= 0.3 is 0 Å². The minimum absolute atomic E-state index is 0.131. The van der Waals surface area contributed by atoms with Gasteiger partial charge in [0.1, 0.15) is 18.2 Å². The van der Waals surface area contributed by atoms with Crippen molar-refractivity contribution >= 4 is 33.1 Å². The number of fused-ring (bicyclic) bond motifs is 1. The second-order valence-electron chi connectivity index (χ2n) is 8.34. The molecule has 1 aliphatic heterocycles. The summed E-state index contributed by atoms with van der Waals surface area (Å²) in [6, 6.07) is 21.9. The molecule has 0 fully saturated rings. The van der Waals surface area contributed by atoms with E-state index in [1.165, 1.54) is 22.7 Å². The molecule has 1 aliphatic rings. The number of benzene rings is 3. The Balaban J connectivity index is 1.43. The van der Waals surface area contributed by atoms with Crippen LogP contribution in [-0.2, 0) is 19.6 Å². The van der Waals surface area contributed by atoms with Crippen LogP contribution >= 0.6 is 22.1 Å². The van der Waals surface area contributed by atoms with Gasteiger partial charge in [0.25, 0.3) is 0 Å². The number of nitrogens with zero attached hydrogens (tertiary/aromatic N) is 3. The summed E-state index contributed by atoms with van der Waals surface area (Å²) >= 11 is 6.47. The van der Waals surface area contributed by atoms with Crippen LogP contribution in [0.5, 0.6) is 5.75 Å². The van der Waals surface area contributed by atoms with Crippen LogP contribution < -0.4 is 10.2 Å². The van der Waals surface area contributed by atoms with Crippen LogP contribution in [0.4, 0.5) is 10.1 Å². The summed E-state index contributed by atoms with van der Waals surface area (Å²) in [6.45, 7) is 1.06. The number of aliphatic hydroxyl groups is 1. The van der Waals surface area contributed by atoms with E-state index in [9.17, 15) is 9.50 Å². The summed E-state index contributed by atoms with van der Waals surface area (Å²) in [6.07, 6.45) is 2.59. The minimum atomic E-state index is -0.302. The van der Waals surface area contributed by atoms with E-state index in [1.807, 2.05) is 30.6 Å². The molecule has 0 aliphatic carbocycles. The number of hydrogen-bond donors (Lipinski definition) is 1. The third-order valence-corrected chi connectivity index (χ3v) is 8.25. The van der Waals surface area contributed by atoms with E-state index in [2.05, 4.69) is 27.1 Å². The van der Waals surface area contributed by atoms with Gasteiger partial charge in [-0.3, -0.25) is 0 Å². The van der Waals surface area contributed by atoms with Crippen LogP contribution in [0.15, 0.2) is 89.1 Å². The van der Waals surface area contributed by atoms with Gasteiger partial charge in [-0.25, -0.2) is 14.4 Å². The van der Waals surface area contributed by atoms with Gasteiger partial charge < -0.3 is 14.4 Å². The molecule has 5 nitrogen and oxygen atoms in total. The fourth-order valence-electron chi connectivity index (χ4n) is 4.13. The van der Waals surface area contributed by atoms with Crippen LogP contribution in [0, 0.1) is 5.82 Å². The summed E-state index contributed by atoms with van der Waals surface area (Å²) in [7, 11) is -0.171. The fourth-order valence-corrected chi connectivity index (χ4v) is 6.34. The SMILES string of the molecule is OCCS1=CCc2c1n(Cc1ccccc1)cnc2=Nc1ccc(OCc2cccc(F)c2)c(Cl)c1. The summed E-state index contributed by atoms with van der Waals surface area (Å²) < 4.78 is 21.4. The van der Waals surface area contributed by atoms with E-state index < -0.39 is 0 Å². The third-order valence-electron chi connectivity index (χ3n) is 5.79. The summed E-state index contributed by atoms with van der Waals surface area (Å²) in [5, 5.41) is 13.5. The first-order valence-corrected chi connectivity index (χ1v) is 13.4. The van der Waals surface area contributed by atoms with Crippen LogP contribution in [-0.4, -0.2) is 32.4 Å². The van der Waals surface area contributed by atoms with Gasteiger partial charge in [-0.2, -0.15) is 0 Å². The third kappa shape index (κ3) is 5.59. The molecule has 1 aromatic heterocycles. The van der Waals surface area contributed by atoms with E-state index in [-0.39, 0.29) is 29.5 Å². The standard InChI is InChI=1S/C28H25ClFN3O2S/c29-25-16-23(9-10-26(25)35-18-21-7-4-8-22(30)15-21)32-27-24-11-13-36(14-12-34)28(24)33(19-31-27)17-20-5-2-1-3-6-20/h1-10,13,15-16,19,34H,11-12,14,17-18H2. The van der Waals surface area contributed by atoms with Gasteiger partial charge in [-0.15, -0.1) is 10.5 Å². The molecule has 0 saturated carbocycles. The first kappa shape index (κ1) is 24.4. The van der Waals surface area contributed by atoms with Crippen LogP contribution in [0.3, 0.4) is 0 Å². The van der Waals surface area contributed by atoms with Crippen molar-refractivity contribution < 1.29 is 14.2 Å². The molecular weight excluding hydrogens is 497 g/mol. The molecule has 4 aromatic rings. The minimum Gasteiger partial charge on any atom is -0.487 e. The molecule has 36 heavy (non-hydrogen) atoms. The van der Waals surface area contributed by atoms with Gasteiger partial charge in [-0.1, -0.05) is 59.4 Å². The normalized spacial score (nSPS) is 15.0. The lowest BCUT2D eigenvalue weighted by molar-refractivity contribution is 0.306. The average Bonchev–Trinajstić information content (AvgIpc) is 3.30. The monoisotopic (exact) mass is 521 g/mol. The number of ether oxygens (including phenoxy) is 1. The lowest BCUT2D eigenvalue weighted by Gasteiger charge is -2.16. The highest BCUT2D eigenvalue weighted by atomic mass is 35.5. The highest BCUT2D eigenvalue weighted by Gasteiger charge is 2.19. The van der Waals surface area contributed by atoms with Crippen LogP contribution in [0.2, 0.25) is 5.02 Å². The molecule has 0 spiro atoms. The predicted molar refractivity (Wildman–Crippen MR) is 143 cm³/mol. The zero-order valence-electron chi connectivity index (χ0n) is 19.5. The quantitative estimate of drug-likeness (QED) is 0.245. The molecule has 1 unspecified atom stereocenters. The summed E-state index contributed by atoms with van der Waals surface area (Å²) in [5.74, 6) is 0.891. The van der Waals surface area contributed by atoms with E-state index in [4.69, 9.17) is 21.3 Å². The molecular formula is C28H25ClFN3O2S. The van der Waals surface area contributed by atoms with Crippen molar-refractivity contribution in [1.82, 2.24) is 9.55 Å². The van der Waals surface area contributed by atoms with E-state index in [0.29, 0.717) is 34.2 Å². The predicted octanol–water partition coefficient (Wildman–Crippen LogP) is 5.51. The maximum atomic E-state index is 13.4. The number of hydrogen-bond acceptors (Lipinski definition) is 4. The molecule has 2 heterocycles. The van der Waals surface area contributed by atoms with Gasteiger partial charge in [0.2, 0.25) is 0 Å². The molecule has 8 heteroatoms.